The van der Waals surface area contributed by atoms with Gasteiger partial charge in [-0.2, -0.15) is 0 Å². The average Bonchev–Trinajstić information content (AvgIpc) is 3.09. The van der Waals surface area contributed by atoms with Crippen LogP contribution in [0.4, 0.5) is 4.79 Å². The zero-order valence-electron chi connectivity index (χ0n) is 15.0. The summed E-state index contributed by atoms with van der Waals surface area (Å²) in [6.07, 6.45) is 6.88. The standard InChI is InChI=1S/C18H28N2O4S/c1-20(18(21)19-14-15-6-3-4-7-15)12-5-13-24-16-8-10-17(11-9-16)25(2,22)23/h8-11,15H,3-7,12-14H2,1-2H3,(H,19,21). The van der Waals surface area contributed by atoms with E-state index in [2.05, 4.69) is 5.32 Å². The van der Waals surface area contributed by atoms with E-state index in [0.717, 1.165) is 6.54 Å². The van der Waals surface area contributed by atoms with Crippen LogP contribution in [-0.2, 0) is 9.84 Å². The highest BCUT2D eigenvalue weighted by atomic mass is 32.2. The van der Waals surface area contributed by atoms with Crippen molar-refractivity contribution >= 4 is 15.9 Å². The molecular weight excluding hydrogens is 340 g/mol. The van der Waals surface area contributed by atoms with E-state index >= 15 is 0 Å². The second-order valence-electron chi connectivity index (χ2n) is 6.70. The molecule has 2 rings (SSSR count). The molecule has 1 saturated carbocycles. The van der Waals surface area contributed by atoms with Gasteiger partial charge in [0.25, 0.3) is 0 Å². The van der Waals surface area contributed by atoms with Gasteiger partial charge in [0.1, 0.15) is 5.75 Å². The Hall–Kier alpha value is -1.76. The number of hydrogen-bond donors (Lipinski definition) is 1. The third kappa shape index (κ3) is 6.57. The monoisotopic (exact) mass is 368 g/mol. The zero-order valence-corrected chi connectivity index (χ0v) is 15.8. The summed E-state index contributed by atoms with van der Waals surface area (Å²) in [5.41, 5.74) is 0. The van der Waals surface area contributed by atoms with Crippen LogP contribution in [0.5, 0.6) is 5.75 Å². The largest absolute Gasteiger partial charge is 0.494 e. The van der Waals surface area contributed by atoms with E-state index < -0.39 is 9.84 Å². The Morgan fingerprint density at radius 2 is 1.88 bits per heavy atom. The molecule has 0 atom stereocenters. The van der Waals surface area contributed by atoms with Gasteiger partial charge in [-0.1, -0.05) is 12.8 Å². The minimum Gasteiger partial charge on any atom is -0.494 e. The molecule has 0 saturated heterocycles. The maximum Gasteiger partial charge on any atom is 0.317 e. The molecule has 0 spiro atoms. The van der Waals surface area contributed by atoms with E-state index in [1.54, 1.807) is 24.1 Å². The van der Waals surface area contributed by atoms with Crippen molar-refractivity contribution in [3.05, 3.63) is 24.3 Å². The quantitative estimate of drug-likeness (QED) is 0.716. The minimum absolute atomic E-state index is 0.0376. The van der Waals surface area contributed by atoms with Crippen molar-refractivity contribution in [2.24, 2.45) is 5.92 Å². The van der Waals surface area contributed by atoms with Gasteiger partial charge in [-0.15, -0.1) is 0 Å². The van der Waals surface area contributed by atoms with Crippen LogP contribution in [0.15, 0.2) is 29.2 Å². The van der Waals surface area contributed by atoms with Gasteiger partial charge in [0.05, 0.1) is 11.5 Å². The van der Waals surface area contributed by atoms with Gasteiger partial charge in [-0.05, 0) is 49.4 Å². The molecule has 7 heteroatoms. The van der Waals surface area contributed by atoms with E-state index in [4.69, 9.17) is 4.74 Å². The first-order valence-corrected chi connectivity index (χ1v) is 10.7. The molecule has 1 fully saturated rings. The molecule has 0 unspecified atom stereocenters. The first-order valence-electron chi connectivity index (χ1n) is 8.78. The summed E-state index contributed by atoms with van der Waals surface area (Å²) in [6, 6.07) is 6.33. The lowest BCUT2D eigenvalue weighted by Crippen LogP contribution is -2.40. The van der Waals surface area contributed by atoms with Crippen LogP contribution in [0.3, 0.4) is 0 Å². The maximum absolute atomic E-state index is 12.0. The number of urea groups is 1. The van der Waals surface area contributed by atoms with E-state index in [1.807, 2.05) is 0 Å². The Bertz CT molecular complexity index is 652. The molecule has 1 aliphatic rings. The number of amides is 2. The van der Waals surface area contributed by atoms with Crippen LogP contribution in [0.1, 0.15) is 32.1 Å². The average molecular weight is 368 g/mol. The summed E-state index contributed by atoms with van der Waals surface area (Å²) < 4.78 is 28.4. The van der Waals surface area contributed by atoms with Crippen molar-refractivity contribution in [3.63, 3.8) is 0 Å². The fraction of sp³-hybridized carbons (Fsp3) is 0.611. The van der Waals surface area contributed by atoms with Crippen LogP contribution >= 0.6 is 0 Å². The number of benzene rings is 1. The topological polar surface area (TPSA) is 75.7 Å². The van der Waals surface area contributed by atoms with Gasteiger partial charge < -0.3 is 15.0 Å². The molecule has 1 aromatic rings. The smallest absolute Gasteiger partial charge is 0.317 e. The summed E-state index contributed by atoms with van der Waals surface area (Å²) in [7, 11) is -1.40. The molecule has 0 radical (unpaired) electrons. The highest BCUT2D eigenvalue weighted by Crippen LogP contribution is 2.23. The van der Waals surface area contributed by atoms with E-state index in [9.17, 15) is 13.2 Å². The molecule has 0 heterocycles. The van der Waals surface area contributed by atoms with Gasteiger partial charge in [0.15, 0.2) is 9.84 Å². The lowest BCUT2D eigenvalue weighted by molar-refractivity contribution is 0.201. The predicted molar refractivity (Wildman–Crippen MR) is 97.7 cm³/mol. The third-order valence-electron chi connectivity index (χ3n) is 4.52. The van der Waals surface area contributed by atoms with Gasteiger partial charge in [-0.3, -0.25) is 0 Å². The number of nitrogens with zero attached hydrogens (tertiary/aromatic N) is 1. The summed E-state index contributed by atoms with van der Waals surface area (Å²) in [6.45, 7) is 1.85. The Morgan fingerprint density at radius 3 is 2.48 bits per heavy atom. The van der Waals surface area contributed by atoms with Crippen molar-refractivity contribution in [2.45, 2.75) is 37.0 Å². The molecular formula is C18H28N2O4S. The first kappa shape index (κ1) is 19.6. The van der Waals surface area contributed by atoms with Crippen molar-refractivity contribution < 1.29 is 17.9 Å². The van der Waals surface area contributed by atoms with Crippen LogP contribution in [0.25, 0.3) is 0 Å². The van der Waals surface area contributed by atoms with Gasteiger partial charge in [-0.25, -0.2) is 13.2 Å². The SMILES string of the molecule is CN(CCCOc1ccc(S(C)(=O)=O)cc1)C(=O)NCC1CCCC1. The summed E-state index contributed by atoms with van der Waals surface area (Å²) in [5, 5.41) is 2.99. The number of hydrogen-bond acceptors (Lipinski definition) is 4. The molecule has 140 valence electrons. The van der Waals surface area contributed by atoms with Gasteiger partial charge in [0, 0.05) is 26.4 Å². The number of carbonyl (C=O) groups is 1. The number of ether oxygens (including phenoxy) is 1. The lowest BCUT2D eigenvalue weighted by atomic mass is 10.1. The fourth-order valence-electron chi connectivity index (χ4n) is 2.96. The van der Waals surface area contributed by atoms with Crippen LogP contribution in [0.2, 0.25) is 0 Å². The Balaban J connectivity index is 1.63. The maximum atomic E-state index is 12.0. The molecule has 25 heavy (non-hydrogen) atoms. The van der Waals surface area contributed by atoms with Crippen molar-refractivity contribution in [2.75, 3.05) is 33.0 Å². The predicted octanol–water partition coefficient (Wildman–Crippen LogP) is 2.69. The van der Waals surface area contributed by atoms with E-state index in [1.165, 1.54) is 44.1 Å². The number of carbonyl (C=O) groups excluding carboxylic acids is 1. The Morgan fingerprint density at radius 1 is 1.24 bits per heavy atom. The summed E-state index contributed by atoms with van der Waals surface area (Å²) >= 11 is 0. The highest BCUT2D eigenvalue weighted by Gasteiger charge is 2.16. The van der Waals surface area contributed by atoms with Crippen LogP contribution in [0, 0.1) is 5.92 Å². The van der Waals surface area contributed by atoms with Crippen molar-refractivity contribution in [1.82, 2.24) is 10.2 Å². The van der Waals surface area contributed by atoms with E-state index in [0.29, 0.717) is 31.2 Å². The zero-order chi connectivity index (χ0) is 18.3. The lowest BCUT2D eigenvalue weighted by Gasteiger charge is -2.19. The second-order valence-corrected chi connectivity index (χ2v) is 8.72. The number of nitrogens with one attached hydrogen (secondary N) is 1. The normalized spacial score (nSPS) is 15.1. The van der Waals surface area contributed by atoms with Crippen molar-refractivity contribution in [1.29, 1.82) is 0 Å². The highest BCUT2D eigenvalue weighted by molar-refractivity contribution is 7.90. The van der Waals surface area contributed by atoms with Gasteiger partial charge >= 0.3 is 6.03 Å². The van der Waals surface area contributed by atoms with Crippen molar-refractivity contribution in [3.8, 4) is 5.75 Å². The number of sulfone groups is 1. The van der Waals surface area contributed by atoms with Crippen LogP contribution < -0.4 is 10.1 Å². The first-order chi connectivity index (χ1) is 11.9. The van der Waals surface area contributed by atoms with E-state index in [-0.39, 0.29) is 10.9 Å². The summed E-state index contributed by atoms with van der Waals surface area (Å²) in [5.74, 6) is 1.26. The molecule has 0 aromatic heterocycles. The molecule has 0 aliphatic heterocycles. The minimum atomic E-state index is -3.18. The Kier molecular flexibility index (Phi) is 7.11. The third-order valence-corrected chi connectivity index (χ3v) is 5.65. The molecule has 1 aromatic carbocycles. The molecule has 1 N–H and O–H groups in total. The van der Waals surface area contributed by atoms with Crippen LogP contribution in [-0.4, -0.2) is 52.3 Å². The second kappa shape index (κ2) is 9.08. The fourth-order valence-corrected chi connectivity index (χ4v) is 3.59. The molecule has 1 aliphatic carbocycles. The Labute approximate surface area is 150 Å². The number of rotatable bonds is 8. The molecule has 0 bridgehead atoms. The summed E-state index contributed by atoms with van der Waals surface area (Å²) in [4.78, 5) is 14.0. The molecule has 2 amide bonds. The van der Waals surface area contributed by atoms with Gasteiger partial charge in [0.2, 0.25) is 0 Å². The molecule has 6 nitrogen and oxygen atoms in total.